The number of anilines is 1. The SMILES string of the molecule is CC1CCCC1c1nn(C)c(N)c1-c1ccc(F)cc1Cl. The Bertz CT molecular complexity index is 680. The number of nitrogens with zero attached hydrogens (tertiary/aromatic N) is 2. The molecule has 3 rings (SSSR count). The van der Waals surface area contributed by atoms with E-state index >= 15 is 0 Å². The number of hydrogen-bond donors (Lipinski definition) is 1. The summed E-state index contributed by atoms with van der Waals surface area (Å²) in [5.41, 5.74) is 8.82. The van der Waals surface area contributed by atoms with E-state index in [9.17, 15) is 4.39 Å². The van der Waals surface area contributed by atoms with Crippen LogP contribution in [0.1, 0.15) is 37.8 Å². The molecule has 0 amide bonds. The van der Waals surface area contributed by atoms with Crippen LogP contribution in [-0.2, 0) is 7.05 Å². The molecule has 1 fully saturated rings. The summed E-state index contributed by atoms with van der Waals surface area (Å²) >= 11 is 6.23. The van der Waals surface area contributed by atoms with Crippen LogP contribution in [0.25, 0.3) is 11.1 Å². The van der Waals surface area contributed by atoms with Gasteiger partial charge in [0.15, 0.2) is 0 Å². The Labute approximate surface area is 128 Å². The summed E-state index contributed by atoms with van der Waals surface area (Å²) in [5, 5.41) is 5.00. The highest BCUT2D eigenvalue weighted by Gasteiger charge is 2.31. The summed E-state index contributed by atoms with van der Waals surface area (Å²) in [7, 11) is 1.83. The van der Waals surface area contributed by atoms with Gasteiger partial charge in [-0.05, 0) is 30.5 Å². The normalized spacial score (nSPS) is 21.9. The molecule has 2 unspecified atom stereocenters. The molecule has 1 heterocycles. The smallest absolute Gasteiger partial charge is 0.129 e. The van der Waals surface area contributed by atoms with Gasteiger partial charge in [-0.3, -0.25) is 4.68 Å². The highest BCUT2D eigenvalue weighted by Crippen LogP contribution is 2.45. The third kappa shape index (κ3) is 2.42. The van der Waals surface area contributed by atoms with Gasteiger partial charge >= 0.3 is 0 Å². The Hall–Kier alpha value is -1.55. The third-order valence-electron chi connectivity index (χ3n) is 4.53. The molecule has 1 aliphatic carbocycles. The summed E-state index contributed by atoms with van der Waals surface area (Å²) in [6.07, 6.45) is 3.53. The molecule has 1 saturated carbocycles. The fourth-order valence-electron chi connectivity index (χ4n) is 3.34. The van der Waals surface area contributed by atoms with Crippen LogP contribution in [0.2, 0.25) is 5.02 Å². The van der Waals surface area contributed by atoms with Gasteiger partial charge in [-0.15, -0.1) is 0 Å². The minimum absolute atomic E-state index is 0.345. The van der Waals surface area contributed by atoms with Gasteiger partial charge in [0.2, 0.25) is 0 Å². The van der Waals surface area contributed by atoms with Gasteiger partial charge < -0.3 is 5.73 Å². The number of rotatable bonds is 2. The van der Waals surface area contributed by atoms with Crippen LogP contribution in [0, 0.1) is 11.7 Å². The third-order valence-corrected chi connectivity index (χ3v) is 4.84. The fraction of sp³-hybridized carbons (Fsp3) is 0.438. The number of benzene rings is 1. The maximum atomic E-state index is 13.3. The van der Waals surface area contributed by atoms with Crippen molar-refractivity contribution in [2.45, 2.75) is 32.1 Å². The van der Waals surface area contributed by atoms with Crippen molar-refractivity contribution in [2.24, 2.45) is 13.0 Å². The molecule has 5 heteroatoms. The summed E-state index contributed by atoms with van der Waals surface area (Å²) in [5.74, 6) is 1.21. The second kappa shape index (κ2) is 5.34. The van der Waals surface area contributed by atoms with Gasteiger partial charge in [-0.1, -0.05) is 31.4 Å². The summed E-state index contributed by atoms with van der Waals surface area (Å²) in [4.78, 5) is 0. The molecule has 0 spiro atoms. The van der Waals surface area contributed by atoms with E-state index in [-0.39, 0.29) is 5.82 Å². The highest BCUT2D eigenvalue weighted by molar-refractivity contribution is 6.33. The molecule has 2 atom stereocenters. The van der Waals surface area contributed by atoms with E-state index in [1.54, 1.807) is 10.7 Å². The van der Waals surface area contributed by atoms with Crippen molar-refractivity contribution in [1.82, 2.24) is 9.78 Å². The van der Waals surface area contributed by atoms with E-state index in [4.69, 9.17) is 17.3 Å². The molecule has 1 aromatic carbocycles. The van der Waals surface area contributed by atoms with Crippen LogP contribution in [0.15, 0.2) is 18.2 Å². The van der Waals surface area contributed by atoms with Gasteiger partial charge in [0, 0.05) is 24.1 Å². The van der Waals surface area contributed by atoms with Gasteiger partial charge in [0.05, 0.1) is 10.7 Å². The van der Waals surface area contributed by atoms with Crippen LogP contribution in [0.5, 0.6) is 0 Å². The zero-order valence-electron chi connectivity index (χ0n) is 12.2. The molecule has 2 aromatic rings. The van der Waals surface area contributed by atoms with Gasteiger partial charge in [0.1, 0.15) is 11.6 Å². The quantitative estimate of drug-likeness (QED) is 0.895. The molecule has 3 nitrogen and oxygen atoms in total. The average Bonchev–Trinajstić information content (AvgIpc) is 2.96. The van der Waals surface area contributed by atoms with Crippen molar-refractivity contribution in [1.29, 1.82) is 0 Å². The molecule has 0 bridgehead atoms. The Kier molecular flexibility index (Phi) is 3.66. The first kappa shape index (κ1) is 14.4. The van der Waals surface area contributed by atoms with Crippen LogP contribution in [-0.4, -0.2) is 9.78 Å². The monoisotopic (exact) mass is 307 g/mol. The second-order valence-corrected chi connectivity index (χ2v) is 6.32. The van der Waals surface area contributed by atoms with E-state index in [1.807, 2.05) is 7.05 Å². The number of nitrogens with two attached hydrogens (primary N) is 1. The van der Waals surface area contributed by atoms with Crippen molar-refractivity contribution < 1.29 is 4.39 Å². The molecular weight excluding hydrogens is 289 g/mol. The first-order valence-electron chi connectivity index (χ1n) is 7.26. The number of hydrogen-bond acceptors (Lipinski definition) is 2. The lowest BCUT2D eigenvalue weighted by atomic mass is 9.90. The minimum Gasteiger partial charge on any atom is -0.383 e. The predicted octanol–water partition coefficient (Wildman–Crippen LogP) is 4.37. The molecule has 1 aromatic heterocycles. The average molecular weight is 308 g/mol. The number of aryl methyl sites for hydroxylation is 1. The first-order chi connectivity index (χ1) is 9.99. The van der Waals surface area contributed by atoms with Crippen LogP contribution in [0.3, 0.4) is 0 Å². The van der Waals surface area contributed by atoms with Crippen molar-refractivity contribution >= 4 is 17.4 Å². The summed E-state index contributed by atoms with van der Waals surface area (Å²) < 4.78 is 15.0. The molecule has 0 radical (unpaired) electrons. The number of aromatic nitrogens is 2. The highest BCUT2D eigenvalue weighted by atomic mass is 35.5. The maximum Gasteiger partial charge on any atom is 0.129 e. The minimum atomic E-state index is -0.345. The lowest BCUT2D eigenvalue weighted by Gasteiger charge is -2.15. The molecule has 0 aliphatic heterocycles. The molecule has 112 valence electrons. The molecule has 21 heavy (non-hydrogen) atoms. The van der Waals surface area contributed by atoms with Gasteiger partial charge in [-0.25, -0.2) is 4.39 Å². The van der Waals surface area contributed by atoms with E-state index in [2.05, 4.69) is 12.0 Å². The predicted molar refractivity (Wildman–Crippen MR) is 83.8 cm³/mol. The molecule has 0 saturated heterocycles. The van der Waals surface area contributed by atoms with Gasteiger partial charge in [-0.2, -0.15) is 5.10 Å². The standard InChI is InChI=1S/C16H19ClFN3/c1-9-4-3-5-11(9)15-14(16(19)21(2)20-15)12-7-6-10(18)8-13(12)17/h6-9,11H,3-5,19H2,1-2H3. The van der Waals surface area contributed by atoms with Crippen molar-refractivity contribution in [3.05, 3.63) is 34.7 Å². The summed E-state index contributed by atoms with van der Waals surface area (Å²) in [6, 6.07) is 4.43. The lowest BCUT2D eigenvalue weighted by Crippen LogP contribution is -2.05. The Morgan fingerprint density at radius 2 is 2.14 bits per heavy atom. The topological polar surface area (TPSA) is 43.8 Å². The van der Waals surface area contributed by atoms with Crippen molar-refractivity contribution in [3.63, 3.8) is 0 Å². The van der Waals surface area contributed by atoms with Gasteiger partial charge in [0.25, 0.3) is 0 Å². The molecule has 2 N–H and O–H groups in total. The van der Waals surface area contributed by atoms with Crippen molar-refractivity contribution in [3.8, 4) is 11.1 Å². The van der Waals surface area contributed by atoms with Crippen molar-refractivity contribution in [2.75, 3.05) is 5.73 Å². The van der Waals surface area contributed by atoms with Crippen LogP contribution in [0.4, 0.5) is 10.2 Å². The van der Waals surface area contributed by atoms with Crippen LogP contribution >= 0.6 is 11.6 Å². The largest absolute Gasteiger partial charge is 0.383 e. The zero-order valence-corrected chi connectivity index (χ0v) is 13.0. The number of halogens is 2. The number of nitrogen functional groups attached to an aromatic ring is 1. The first-order valence-corrected chi connectivity index (χ1v) is 7.64. The Balaban J connectivity index is 2.17. The summed E-state index contributed by atoms with van der Waals surface area (Å²) in [6.45, 7) is 2.25. The van der Waals surface area contributed by atoms with E-state index in [0.717, 1.165) is 23.2 Å². The Morgan fingerprint density at radius 1 is 1.38 bits per heavy atom. The molecule has 1 aliphatic rings. The molecular formula is C16H19ClFN3. The van der Waals surface area contributed by atoms with E-state index < -0.39 is 0 Å². The second-order valence-electron chi connectivity index (χ2n) is 5.91. The Morgan fingerprint density at radius 3 is 2.76 bits per heavy atom. The van der Waals surface area contributed by atoms with Crippen LogP contribution < -0.4 is 5.73 Å². The van der Waals surface area contributed by atoms with E-state index in [0.29, 0.717) is 22.7 Å². The zero-order chi connectivity index (χ0) is 15.1. The van der Waals surface area contributed by atoms with E-state index in [1.165, 1.54) is 25.0 Å². The fourth-order valence-corrected chi connectivity index (χ4v) is 3.60. The lowest BCUT2D eigenvalue weighted by molar-refractivity contribution is 0.516. The maximum absolute atomic E-state index is 13.3.